The molecule has 0 atom stereocenters. The van der Waals surface area contributed by atoms with E-state index in [1.807, 2.05) is 54.6 Å². The zero-order valence-electron chi connectivity index (χ0n) is 26.0. The summed E-state index contributed by atoms with van der Waals surface area (Å²) in [7, 11) is 0. The normalized spacial score (nSPS) is 11.3. The van der Waals surface area contributed by atoms with Crippen LogP contribution in [0.4, 0.5) is 0 Å². The highest BCUT2D eigenvalue weighted by atomic mass is 14.9. The first-order valence-electron chi connectivity index (χ1n) is 16.1. The van der Waals surface area contributed by atoms with Crippen LogP contribution < -0.4 is 0 Å². The second kappa shape index (κ2) is 11.7. The molecule has 6 aromatic carbocycles. The van der Waals surface area contributed by atoms with Crippen LogP contribution >= 0.6 is 0 Å². The van der Waals surface area contributed by atoms with Gasteiger partial charge in [-0.15, -0.1) is 0 Å². The van der Waals surface area contributed by atoms with Crippen molar-refractivity contribution in [1.29, 1.82) is 0 Å². The summed E-state index contributed by atoms with van der Waals surface area (Å²) in [5.74, 6) is 0.680. The summed E-state index contributed by atoms with van der Waals surface area (Å²) in [5, 5.41) is 4.63. The maximum Gasteiger partial charge on any atom is 0.160 e. The van der Waals surface area contributed by atoms with Crippen LogP contribution in [0.3, 0.4) is 0 Å². The van der Waals surface area contributed by atoms with E-state index in [9.17, 15) is 0 Å². The van der Waals surface area contributed by atoms with Crippen molar-refractivity contribution < 1.29 is 0 Å². The standard InChI is InChI=1S/C44H28N4/c1-3-10-30(11-4-1)42-28-43(48-44(47-42)31-12-5-2-6-13-31)41-24-20-37-27-34(18-22-40(37)46-41)33-17-21-38-36(26-33)19-23-39(45-38)35-16-15-29-9-7-8-14-32(29)25-35/h1-28H. The summed E-state index contributed by atoms with van der Waals surface area (Å²) in [6.07, 6.45) is 0. The topological polar surface area (TPSA) is 51.6 Å². The number of benzene rings is 6. The van der Waals surface area contributed by atoms with Crippen molar-refractivity contribution in [2.45, 2.75) is 0 Å². The van der Waals surface area contributed by atoms with E-state index in [0.29, 0.717) is 5.82 Å². The summed E-state index contributed by atoms with van der Waals surface area (Å²) in [5.41, 5.74) is 10.8. The summed E-state index contributed by atoms with van der Waals surface area (Å²) in [6, 6.07) is 58.7. The molecule has 3 heterocycles. The lowest BCUT2D eigenvalue weighted by atomic mass is 10.00. The number of rotatable bonds is 5. The van der Waals surface area contributed by atoms with Crippen LogP contribution in [0.2, 0.25) is 0 Å². The zero-order valence-corrected chi connectivity index (χ0v) is 26.0. The molecule has 0 aliphatic carbocycles. The quantitative estimate of drug-likeness (QED) is 0.194. The Labute approximate surface area is 278 Å². The minimum absolute atomic E-state index is 0.680. The van der Waals surface area contributed by atoms with Crippen LogP contribution in [0.15, 0.2) is 170 Å². The third-order valence-corrected chi connectivity index (χ3v) is 8.85. The van der Waals surface area contributed by atoms with Crippen LogP contribution in [0.5, 0.6) is 0 Å². The van der Waals surface area contributed by atoms with Crippen molar-refractivity contribution in [2.75, 3.05) is 0 Å². The molecule has 9 rings (SSSR count). The Kier molecular flexibility index (Phi) is 6.76. The van der Waals surface area contributed by atoms with E-state index in [4.69, 9.17) is 19.9 Å². The van der Waals surface area contributed by atoms with E-state index in [-0.39, 0.29) is 0 Å². The zero-order chi connectivity index (χ0) is 31.9. The fourth-order valence-corrected chi connectivity index (χ4v) is 6.31. The van der Waals surface area contributed by atoms with Crippen LogP contribution in [0.25, 0.3) is 89.0 Å². The van der Waals surface area contributed by atoms with Crippen molar-refractivity contribution in [2.24, 2.45) is 0 Å². The highest BCUT2D eigenvalue weighted by Gasteiger charge is 2.13. The molecular weight excluding hydrogens is 585 g/mol. The van der Waals surface area contributed by atoms with Gasteiger partial charge < -0.3 is 0 Å². The second-order valence-electron chi connectivity index (χ2n) is 12.0. The average molecular weight is 613 g/mol. The third-order valence-electron chi connectivity index (χ3n) is 8.85. The molecule has 4 heteroatoms. The minimum Gasteiger partial charge on any atom is -0.248 e. The Bertz CT molecular complexity index is 2560. The lowest BCUT2D eigenvalue weighted by molar-refractivity contribution is 1.17. The molecule has 0 radical (unpaired) electrons. The van der Waals surface area contributed by atoms with Crippen LogP contribution in [-0.2, 0) is 0 Å². The molecule has 0 spiro atoms. The molecule has 0 bridgehead atoms. The number of fused-ring (bicyclic) bond motifs is 3. The van der Waals surface area contributed by atoms with Crippen LogP contribution in [-0.4, -0.2) is 19.9 Å². The Balaban J connectivity index is 1.05. The monoisotopic (exact) mass is 612 g/mol. The molecule has 0 aliphatic heterocycles. The molecule has 3 aromatic heterocycles. The van der Waals surface area contributed by atoms with Gasteiger partial charge in [0.2, 0.25) is 0 Å². The van der Waals surface area contributed by atoms with Gasteiger partial charge in [0.15, 0.2) is 5.82 Å². The van der Waals surface area contributed by atoms with Gasteiger partial charge in [-0.3, -0.25) is 0 Å². The molecule has 0 unspecified atom stereocenters. The van der Waals surface area contributed by atoms with Crippen LogP contribution in [0.1, 0.15) is 0 Å². The number of pyridine rings is 2. The first-order chi connectivity index (χ1) is 23.7. The van der Waals surface area contributed by atoms with Gasteiger partial charge in [0.05, 0.1) is 33.8 Å². The Morgan fingerprint density at radius 1 is 0.250 bits per heavy atom. The predicted octanol–water partition coefficient (Wildman–Crippen LogP) is 11.1. The molecule has 0 fully saturated rings. The first kappa shape index (κ1) is 27.8. The third kappa shape index (κ3) is 5.25. The summed E-state index contributed by atoms with van der Waals surface area (Å²) in [6.45, 7) is 0. The fourth-order valence-electron chi connectivity index (χ4n) is 6.31. The summed E-state index contributed by atoms with van der Waals surface area (Å²) >= 11 is 0. The highest BCUT2D eigenvalue weighted by Crippen LogP contribution is 2.31. The van der Waals surface area contributed by atoms with Gasteiger partial charge in [0, 0.05) is 27.5 Å². The lowest BCUT2D eigenvalue weighted by Gasteiger charge is -2.10. The first-order valence-corrected chi connectivity index (χ1v) is 16.1. The lowest BCUT2D eigenvalue weighted by Crippen LogP contribution is -1.97. The number of nitrogens with zero attached hydrogens (tertiary/aromatic N) is 4. The number of hydrogen-bond acceptors (Lipinski definition) is 4. The Hall–Kier alpha value is -6.52. The maximum atomic E-state index is 5.06. The molecule has 0 saturated heterocycles. The van der Waals surface area contributed by atoms with Gasteiger partial charge >= 0.3 is 0 Å². The van der Waals surface area contributed by atoms with Gasteiger partial charge in [-0.1, -0.05) is 121 Å². The molecule has 0 N–H and O–H groups in total. The molecule has 0 amide bonds. The Morgan fingerprint density at radius 2 is 0.771 bits per heavy atom. The molecular formula is C44H28N4. The summed E-state index contributed by atoms with van der Waals surface area (Å²) in [4.78, 5) is 19.9. The summed E-state index contributed by atoms with van der Waals surface area (Å²) < 4.78 is 0. The van der Waals surface area contributed by atoms with E-state index < -0.39 is 0 Å². The molecule has 4 nitrogen and oxygen atoms in total. The van der Waals surface area contributed by atoms with Gasteiger partial charge in [-0.25, -0.2) is 19.9 Å². The van der Waals surface area contributed by atoms with Crippen molar-refractivity contribution in [1.82, 2.24) is 19.9 Å². The second-order valence-corrected chi connectivity index (χ2v) is 12.0. The van der Waals surface area contributed by atoms with E-state index >= 15 is 0 Å². The van der Waals surface area contributed by atoms with Crippen LogP contribution in [0, 0.1) is 0 Å². The van der Waals surface area contributed by atoms with Crippen molar-refractivity contribution in [3.63, 3.8) is 0 Å². The van der Waals surface area contributed by atoms with Crippen molar-refractivity contribution >= 4 is 32.6 Å². The van der Waals surface area contributed by atoms with E-state index in [1.165, 1.54) is 10.8 Å². The van der Waals surface area contributed by atoms with Crippen molar-refractivity contribution in [3.8, 4) is 56.4 Å². The largest absolute Gasteiger partial charge is 0.248 e. The molecule has 0 aliphatic rings. The SMILES string of the molecule is c1ccc(-c2cc(-c3ccc4cc(-c5ccc6nc(-c7ccc8ccccc8c7)ccc6c5)ccc4n3)nc(-c3ccccc3)n2)cc1. The highest BCUT2D eigenvalue weighted by molar-refractivity contribution is 5.92. The number of hydrogen-bond donors (Lipinski definition) is 0. The van der Waals surface area contributed by atoms with E-state index in [0.717, 1.165) is 72.4 Å². The predicted molar refractivity (Wildman–Crippen MR) is 197 cm³/mol. The van der Waals surface area contributed by atoms with E-state index in [2.05, 4.69) is 115 Å². The average Bonchev–Trinajstić information content (AvgIpc) is 3.17. The smallest absolute Gasteiger partial charge is 0.160 e. The molecule has 9 aromatic rings. The molecule has 224 valence electrons. The number of aromatic nitrogens is 4. The molecule has 0 saturated carbocycles. The molecule has 48 heavy (non-hydrogen) atoms. The fraction of sp³-hybridized carbons (Fsp3) is 0. The minimum atomic E-state index is 0.680. The van der Waals surface area contributed by atoms with Crippen molar-refractivity contribution in [3.05, 3.63) is 170 Å². The van der Waals surface area contributed by atoms with Gasteiger partial charge in [-0.05, 0) is 70.4 Å². The van der Waals surface area contributed by atoms with E-state index in [1.54, 1.807) is 0 Å². The van der Waals surface area contributed by atoms with Gasteiger partial charge in [0.1, 0.15) is 0 Å². The maximum absolute atomic E-state index is 5.06. The van der Waals surface area contributed by atoms with Gasteiger partial charge in [-0.2, -0.15) is 0 Å². The van der Waals surface area contributed by atoms with Gasteiger partial charge in [0.25, 0.3) is 0 Å². The Morgan fingerprint density at radius 3 is 1.48 bits per heavy atom.